The predicted molar refractivity (Wildman–Crippen MR) is 130 cm³/mol. The van der Waals surface area contributed by atoms with Crippen LogP contribution in [0.4, 0.5) is 0 Å². The van der Waals surface area contributed by atoms with E-state index in [0.29, 0.717) is 0 Å². The average Bonchev–Trinajstić information content (AvgIpc) is 3.35. The summed E-state index contributed by atoms with van der Waals surface area (Å²) in [5.74, 6) is 0. The van der Waals surface area contributed by atoms with E-state index in [2.05, 4.69) is 115 Å². The van der Waals surface area contributed by atoms with Gasteiger partial charge in [0.1, 0.15) is 5.65 Å². The Morgan fingerprint density at radius 1 is 0.548 bits per heavy atom. The van der Waals surface area contributed by atoms with E-state index in [1.54, 1.807) is 0 Å². The molecule has 0 spiro atoms. The Morgan fingerprint density at radius 3 is 1.81 bits per heavy atom. The molecule has 6 rings (SSSR count). The zero-order valence-electron chi connectivity index (χ0n) is 17.6. The number of nitrogens with zero attached hydrogens (tertiary/aromatic N) is 2. The molecule has 0 bridgehead atoms. The molecule has 0 atom stereocenters. The van der Waals surface area contributed by atoms with Crippen LogP contribution in [0.25, 0.3) is 50.2 Å². The Kier molecular flexibility index (Phi) is 3.94. The van der Waals surface area contributed by atoms with E-state index >= 15 is 0 Å². The fourth-order valence-corrected chi connectivity index (χ4v) is 4.58. The van der Waals surface area contributed by atoms with Crippen LogP contribution < -0.4 is 0 Å². The molecule has 0 fully saturated rings. The molecule has 0 saturated heterocycles. The second kappa shape index (κ2) is 6.82. The lowest BCUT2D eigenvalue weighted by Crippen LogP contribution is -1.86. The number of aromatic nitrogens is 2. The molecule has 0 aliphatic carbocycles. The largest absolute Gasteiger partial charge is 0.291 e. The lowest BCUT2D eigenvalue weighted by Gasteiger charge is -2.09. The smallest absolute Gasteiger partial charge is 0.138 e. The Hall–Kier alpha value is -3.91. The third-order valence-corrected chi connectivity index (χ3v) is 6.11. The third-order valence-electron chi connectivity index (χ3n) is 6.11. The lowest BCUT2D eigenvalue weighted by atomic mass is 9.94. The van der Waals surface area contributed by atoms with Crippen molar-refractivity contribution in [3.63, 3.8) is 0 Å². The first-order chi connectivity index (χ1) is 15.2. The van der Waals surface area contributed by atoms with Crippen LogP contribution in [0.5, 0.6) is 0 Å². The van der Waals surface area contributed by atoms with Gasteiger partial charge in [0.2, 0.25) is 0 Å². The van der Waals surface area contributed by atoms with Gasteiger partial charge in [0.25, 0.3) is 0 Å². The van der Waals surface area contributed by atoms with E-state index in [1.807, 2.05) is 0 Å². The van der Waals surface area contributed by atoms with Crippen molar-refractivity contribution >= 4 is 16.7 Å². The topological polar surface area (TPSA) is 17.3 Å². The van der Waals surface area contributed by atoms with E-state index in [9.17, 15) is 0 Å². The molecule has 2 nitrogen and oxygen atoms in total. The van der Waals surface area contributed by atoms with E-state index in [-0.39, 0.29) is 0 Å². The average molecular weight is 399 g/mol. The molecule has 0 aliphatic rings. The van der Waals surface area contributed by atoms with Crippen molar-refractivity contribution in [2.24, 2.45) is 0 Å². The van der Waals surface area contributed by atoms with Crippen LogP contribution in [-0.4, -0.2) is 9.38 Å². The summed E-state index contributed by atoms with van der Waals surface area (Å²) in [4.78, 5) is 5.06. The van der Waals surface area contributed by atoms with Crippen LogP contribution in [0, 0.1) is 13.8 Å². The molecule has 6 aromatic rings. The number of aryl methyl sites for hydroxylation is 2. The van der Waals surface area contributed by atoms with Crippen molar-refractivity contribution in [1.82, 2.24) is 9.38 Å². The van der Waals surface area contributed by atoms with E-state index < -0.39 is 0 Å². The van der Waals surface area contributed by atoms with Crippen molar-refractivity contribution in [3.05, 3.63) is 108 Å². The van der Waals surface area contributed by atoms with Gasteiger partial charge in [-0.15, -0.1) is 0 Å². The van der Waals surface area contributed by atoms with Crippen LogP contribution >= 0.6 is 0 Å². The van der Waals surface area contributed by atoms with Gasteiger partial charge in [0.15, 0.2) is 0 Å². The monoisotopic (exact) mass is 398 g/mol. The van der Waals surface area contributed by atoms with Gasteiger partial charge in [-0.1, -0.05) is 96.1 Å². The maximum Gasteiger partial charge on any atom is 0.138 e. The molecule has 0 saturated carbocycles. The molecule has 0 amide bonds. The number of hydrogen-bond donors (Lipinski definition) is 0. The SMILES string of the molecule is Cc1ccc(-c2c(-c3ccc(C)cc3)c3c(-c4ccccc4)nc4cccc2n43)cc1. The summed E-state index contributed by atoms with van der Waals surface area (Å²) in [6.07, 6.45) is 0. The number of imidazole rings is 1. The van der Waals surface area contributed by atoms with Gasteiger partial charge >= 0.3 is 0 Å². The molecule has 0 radical (unpaired) electrons. The highest BCUT2D eigenvalue weighted by Gasteiger charge is 2.24. The molecule has 0 unspecified atom stereocenters. The number of rotatable bonds is 3. The summed E-state index contributed by atoms with van der Waals surface area (Å²) in [5, 5.41) is 0. The summed E-state index contributed by atoms with van der Waals surface area (Å²) in [7, 11) is 0. The molecular weight excluding hydrogens is 376 g/mol. The molecule has 3 aromatic carbocycles. The fraction of sp³-hybridized carbons (Fsp3) is 0.0690. The highest BCUT2D eigenvalue weighted by Crippen LogP contribution is 2.45. The van der Waals surface area contributed by atoms with E-state index in [1.165, 1.54) is 44.4 Å². The van der Waals surface area contributed by atoms with Crippen LogP contribution in [0.15, 0.2) is 97.1 Å². The Morgan fingerprint density at radius 2 is 1.16 bits per heavy atom. The van der Waals surface area contributed by atoms with Gasteiger partial charge in [-0.25, -0.2) is 4.98 Å². The van der Waals surface area contributed by atoms with Crippen molar-refractivity contribution in [2.45, 2.75) is 13.8 Å². The van der Waals surface area contributed by atoms with E-state index in [4.69, 9.17) is 4.98 Å². The normalized spacial score (nSPS) is 11.5. The third kappa shape index (κ3) is 2.76. The molecule has 148 valence electrons. The van der Waals surface area contributed by atoms with Crippen LogP contribution in [0.1, 0.15) is 11.1 Å². The van der Waals surface area contributed by atoms with Crippen molar-refractivity contribution in [2.75, 3.05) is 0 Å². The number of benzene rings is 3. The summed E-state index contributed by atoms with van der Waals surface area (Å²) in [6, 6.07) is 34.7. The second-order valence-corrected chi connectivity index (χ2v) is 8.26. The lowest BCUT2D eigenvalue weighted by molar-refractivity contribution is 1.30. The summed E-state index contributed by atoms with van der Waals surface area (Å²) < 4.78 is 2.33. The van der Waals surface area contributed by atoms with Crippen molar-refractivity contribution in [3.8, 4) is 33.5 Å². The fourth-order valence-electron chi connectivity index (χ4n) is 4.58. The molecule has 31 heavy (non-hydrogen) atoms. The van der Waals surface area contributed by atoms with Gasteiger partial charge < -0.3 is 0 Å². The first kappa shape index (κ1) is 17.9. The number of hydrogen-bond acceptors (Lipinski definition) is 1. The van der Waals surface area contributed by atoms with Crippen LogP contribution in [0.2, 0.25) is 0 Å². The minimum atomic E-state index is 0.984. The predicted octanol–water partition coefficient (Wildman–Crippen LogP) is 7.54. The highest BCUT2D eigenvalue weighted by atomic mass is 15.0. The Labute approximate surface area is 181 Å². The second-order valence-electron chi connectivity index (χ2n) is 8.26. The van der Waals surface area contributed by atoms with E-state index in [0.717, 1.165) is 16.9 Å². The van der Waals surface area contributed by atoms with Gasteiger partial charge in [0, 0.05) is 16.7 Å². The number of pyridine rings is 1. The van der Waals surface area contributed by atoms with Crippen molar-refractivity contribution < 1.29 is 0 Å². The first-order valence-corrected chi connectivity index (χ1v) is 10.7. The van der Waals surface area contributed by atoms with Gasteiger partial charge in [-0.2, -0.15) is 0 Å². The quantitative estimate of drug-likeness (QED) is 0.301. The minimum absolute atomic E-state index is 0.984. The Balaban J connectivity index is 1.80. The Bertz CT molecular complexity index is 1510. The van der Waals surface area contributed by atoms with Crippen LogP contribution in [0.3, 0.4) is 0 Å². The molecule has 3 heterocycles. The van der Waals surface area contributed by atoms with Crippen LogP contribution in [-0.2, 0) is 0 Å². The van der Waals surface area contributed by atoms with Gasteiger partial charge in [-0.3, -0.25) is 4.40 Å². The maximum atomic E-state index is 5.06. The molecular formula is C29H22N2. The van der Waals surface area contributed by atoms with Gasteiger partial charge in [-0.05, 0) is 37.1 Å². The summed E-state index contributed by atoms with van der Waals surface area (Å²) >= 11 is 0. The molecule has 2 heteroatoms. The highest BCUT2D eigenvalue weighted by molar-refractivity contribution is 6.09. The van der Waals surface area contributed by atoms with Gasteiger partial charge in [0.05, 0.1) is 16.7 Å². The molecule has 0 aliphatic heterocycles. The summed E-state index contributed by atoms with van der Waals surface area (Å²) in [6.45, 7) is 4.27. The zero-order chi connectivity index (χ0) is 20.9. The zero-order valence-corrected chi connectivity index (χ0v) is 17.6. The first-order valence-electron chi connectivity index (χ1n) is 10.7. The van der Waals surface area contributed by atoms with Crippen molar-refractivity contribution in [1.29, 1.82) is 0 Å². The summed E-state index contributed by atoms with van der Waals surface area (Å²) in [5.41, 5.74) is 13.0. The molecule has 0 N–H and O–H groups in total. The molecule has 3 aromatic heterocycles. The minimum Gasteiger partial charge on any atom is -0.291 e. The maximum absolute atomic E-state index is 5.06. The standard InChI is InChI=1S/C29H22N2/c1-19-11-15-21(16-12-19)26-24-9-6-10-25-30-28(23-7-4-3-5-8-23)29(31(24)25)27(26)22-17-13-20(2)14-18-22/h3-18H,1-2H3.